The Morgan fingerprint density at radius 1 is 1.08 bits per heavy atom. The summed E-state index contributed by atoms with van der Waals surface area (Å²) >= 11 is 0. The summed E-state index contributed by atoms with van der Waals surface area (Å²) in [5.74, 6) is 0.931. The van der Waals surface area contributed by atoms with Crippen LogP contribution in [0.5, 0.6) is 5.75 Å². The lowest BCUT2D eigenvalue weighted by molar-refractivity contribution is 0.221. The van der Waals surface area contributed by atoms with Crippen LogP contribution in [0.3, 0.4) is 0 Å². The molecule has 1 fully saturated rings. The summed E-state index contributed by atoms with van der Waals surface area (Å²) in [4.78, 5) is 5.04. The van der Waals surface area contributed by atoms with E-state index in [9.17, 15) is 0 Å². The van der Waals surface area contributed by atoms with Gasteiger partial charge in [-0.15, -0.1) is 6.58 Å². The van der Waals surface area contributed by atoms with Gasteiger partial charge in [-0.2, -0.15) is 0 Å². The first-order chi connectivity index (χ1) is 12.3. The molecule has 0 amide bonds. The van der Waals surface area contributed by atoms with E-state index in [0.717, 1.165) is 38.3 Å². The molecule has 0 bridgehead atoms. The zero-order valence-electron chi connectivity index (χ0n) is 15.1. The molecule has 3 rings (SSSR count). The van der Waals surface area contributed by atoms with Crippen molar-refractivity contribution in [2.45, 2.75) is 25.9 Å². The van der Waals surface area contributed by atoms with Crippen molar-refractivity contribution >= 4 is 5.69 Å². The Bertz CT molecular complexity index is 653. The molecule has 1 aliphatic rings. The molecule has 0 aliphatic carbocycles. The molecular formula is C22H28N2O. The number of piperazine rings is 1. The summed E-state index contributed by atoms with van der Waals surface area (Å²) in [6.45, 7) is 11.0. The highest BCUT2D eigenvalue weighted by Crippen LogP contribution is 2.24. The van der Waals surface area contributed by atoms with Crippen LogP contribution in [0.4, 0.5) is 5.69 Å². The maximum atomic E-state index is 5.70. The Morgan fingerprint density at radius 3 is 2.52 bits per heavy atom. The quantitative estimate of drug-likeness (QED) is 0.552. The van der Waals surface area contributed by atoms with Crippen LogP contribution in [0.25, 0.3) is 0 Å². The molecule has 2 aromatic rings. The third-order valence-electron chi connectivity index (χ3n) is 4.72. The molecule has 3 heteroatoms. The number of benzene rings is 2. The summed E-state index contributed by atoms with van der Waals surface area (Å²) in [5.41, 5.74) is 2.67. The second-order valence-electron chi connectivity index (χ2n) is 6.68. The minimum atomic E-state index is 0.505. The molecular weight excluding hydrogens is 308 g/mol. The van der Waals surface area contributed by atoms with E-state index in [0.29, 0.717) is 12.6 Å². The van der Waals surface area contributed by atoms with E-state index in [2.05, 4.69) is 77.9 Å². The first-order valence-corrected chi connectivity index (χ1v) is 9.13. The van der Waals surface area contributed by atoms with Gasteiger partial charge in [0.1, 0.15) is 5.75 Å². The van der Waals surface area contributed by atoms with Gasteiger partial charge >= 0.3 is 0 Å². The van der Waals surface area contributed by atoms with Gasteiger partial charge in [-0.25, -0.2) is 0 Å². The largest absolute Gasteiger partial charge is 0.493 e. The Morgan fingerprint density at radius 2 is 1.84 bits per heavy atom. The lowest BCUT2D eigenvalue weighted by atomic mass is 10.1. The third-order valence-corrected chi connectivity index (χ3v) is 4.72. The molecule has 132 valence electrons. The van der Waals surface area contributed by atoms with Gasteiger partial charge in [0, 0.05) is 37.9 Å². The molecule has 0 unspecified atom stereocenters. The summed E-state index contributed by atoms with van der Waals surface area (Å²) in [6, 6.07) is 19.7. The van der Waals surface area contributed by atoms with Gasteiger partial charge in [-0.05, 0) is 43.2 Å². The molecule has 1 heterocycles. The maximum Gasteiger partial charge on any atom is 0.119 e. The summed E-state index contributed by atoms with van der Waals surface area (Å²) in [7, 11) is 0. The molecule has 1 aliphatic heterocycles. The van der Waals surface area contributed by atoms with E-state index < -0.39 is 0 Å². The molecule has 0 saturated carbocycles. The van der Waals surface area contributed by atoms with Gasteiger partial charge in [0.05, 0.1) is 6.61 Å². The van der Waals surface area contributed by atoms with Gasteiger partial charge < -0.3 is 9.64 Å². The number of rotatable bonds is 7. The molecule has 0 spiro atoms. The standard InChI is InChI=1S/C22H28N2O/c1-3-4-16-25-22-12-10-21(11-13-22)24-15-14-23(17-19(24)2)18-20-8-6-5-7-9-20/h3,5-13,19H,1,4,14-18H2,2H3/t19-/m0/s1. The van der Waals surface area contributed by atoms with Crippen LogP contribution in [0, 0.1) is 0 Å². The first kappa shape index (κ1) is 17.6. The number of ether oxygens (including phenoxy) is 1. The van der Waals surface area contributed by atoms with Gasteiger partial charge in [-0.3, -0.25) is 4.90 Å². The van der Waals surface area contributed by atoms with Crippen molar-refractivity contribution in [3.05, 3.63) is 72.8 Å². The predicted molar refractivity (Wildman–Crippen MR) is 105 cm³/mol. The van der Waals surface area contributed by atoms with Crippen molar-refractivity contribution in [1.29, 1.82) is 0 Å². The second-order valence-corrected chi connectivity index (χ2v) is 6.68. The highest BCUT2D eigenvalue weighted by molar-refractivity contribution is 5.50. The van der Waals surface area contributed by atoms with E-state index >= 15 is 0 Å². The highest BCUT2D eigenvalue weighted by atomic mass is 16.5. The van der Waals surface area contributed by atoms with Gasteiger partial charge in [0.2, 0.25) is 0 Å². The first-order valence-electron chi connectivity index (χ1n) is 9.13. The predicted octanol–water partition coefficient (Wildman–Crippen LogP) is 4.35. The van der Waals surface area contributed by atoms with Crippen LogP contribution in [0.15, 0.2) is 67.3 Å². The Balaban J connectivity index is 1.55. The number of hydrogen-bond donors (Lipinski definition) is 0. The lowest BCUT2D eigenvalue weighted by Crippen LogP contribution is -2.51. The molecule has 0 N–H and O–H groups in total. The van der Waals surface area contributed by atoms with Gasteiger partial charge in [0.15, 0.2) is 0 Å². The van der Waals surface area contributed by atoms with Crippen molar-refractivity contribution in [3.63, 3.8) is 0 Å². The fourth-order valence-corrected chi connectivity index (χ4v) is 3.40. The zero-order valence-corrected chi connectivity index (χ0v) is 15.1. The van der Waals surface area contributed by atoms with Crippen molar-refractivity contribution < 1.29 is 4.74 Å². The van der Waals surface area contributed by atoms with Crippen molar-refractivity contribution in [1.82, 2.24) is 4.90 Å². The normalized spacial score (nSPS) is 18.1. The summed E-state index contributed by atoms with van der Waals surface area (Å²) < 4.78 is 5.70. The Kier molecular flexibility index (Phi) is 6.13. The van der Waals surface area contributed by atoms with Crippen LogP contribution in [0.2, 0.25) is 0 Å². The van der Waals surface area contributed by atoms with Crippen LogP contribution in [0.1, 0.15) is 18.9 Å². The third kappa shape index (κ3) is 4.86. The van der Waals surface area contributed by atoms with E-state index in [1.54, 1.807) is 0 Å². The molecule has 0 radical (unpaired) electrons. The number of nitrogens with zero attached hydrogens (tertiary/aromatic N) is 2. The van der Waals surface area contributed by atoms with E-state index in [1.165, 1.54) is 11.3 Å². The second kappa shape index (κ2) is 8.72. The van der Waals surface area contributed by atoms with Crippen LogP contribution < -0.4 is 9.64 Å². The van der Waals surface area contributed by atoms with Gasteiger partial charge in [0.25, 0.3) is 0 Å². The van der Waals surface area contributed by atoms with Crippen LogP contribution >= 0.6 is 0 Å². The van der Waals surface area contributed by atoms with E-state index in [-0.39, 0.29) is 0 Å². The molecule has 0 aromatic heterocycles. The topological polar surface area (TPSA) is 15.7 Å². The Labute approximate surface area is 151 Å². The molecule has 3 nitrogen and oxygen atoms in total. The average molecular weight is 336 g/mol. The highest BCUT2D eigenvalue weighted by Gasteiger charge is 2.23. The lowest BCUT2D eigenvalue weighted by Gasteiger charge is -2.41. The fraction of sp³-hybridized carbons (Fsp3) is 0.364. The molecule has 2 aromatic carbocycles. The minimum absolute atomic E-state index is 0.505. The minimum Gasteiger partial charge on any atom is -0.493 e. The van der Waals surface area contributed by atoms with Crippen molar-refractivity contribution in [3.8, 4) is 5.75 Å². The fourth-order valence-electron chi connectivity index (χ4n) is 3.40. The van der Waals surface area contributed by atoms with Crippen LogP contribution in [-0.2, 0) is 6.54 Å². The summed E-state index contributed by atoms with van der Waals surface area (Å²) in [5, 5.41) is 0. The molecule has 1 saturated heterocycles. The molecule has 1 atom stereocenters. The SMILES string of the molecule is C=CCCOc1ccc(N2CCN(Cc3ccccc3)C[C@@H]2C)cc1. The van der Waals surface area contributed by atoms with Crippen molar-refractivity contribution in [2.24, 2.45) is 0 Å². The number of hydrogen-bond acceptors (Lipinski definition) is 3. The van der Waals surface area contributed by atoms with Gasteiger partial charge in [-0.1, -0.05) is 36.4 Å². The zero-order chi connectivity index (χ0) is 17.5. The van der Waals surface area contributed by atoms with E-state index in [1.807, 2.05) is 6.08 Å². The summed E-state index contributed by atoms with van der Waals surface area (Å²) in [6.07, 6.45) is 2.76. The average Bonchev–Trinajstić information content (AvgIpc) is 2.64. The maximum absolute atomic E-state index is 5.70. The molecule has 25 heavy (non-hydrogen) atoms. The smallest absolute Gasteiger partial charge is 0.119 e. The number of anilines is 1. The van der Waals surface area contributed by atoms with Crippen LogP contribution in [-0.4, -0.2) is 37.2 Å². The monoisotopic (exact) mass is 336 g/mol. The van der Waals surface area contributed by atoms with E-state index in [4.69, 9.17) is 4.74 Å². The Hall–Kier alpha value is -2.26. The van der Waals surface area contributed by atoms with Crippen molar-refractivity contribution in [2.75, 3.05) is 31.1 Å².